The van der Waals surface area contributed by atoms with E-state index < -0.39 is 11.9 Å². The van der Waals surface area contributed by atoms with E-state index in [1.165, 1.54) is 18.3 Å². The minimum absolute atomic E-state index is 0.108. The van der Waals surface area contributed by atoms with Gasteiger partial charge in [0.1, 0.15) is 0 Å². The molecule has 0 aliphatic rings. The van der Waals surface area contributed by atoms with Crippen molar-refractivity contribution in [3.05, 3.63) is 59.7 Å². The highest BCUT2D eigenvalue weighted by Gasteiger charge is 2.11. The summed E-state index contributed by atoms with van der Waals surface area (Å²) < 4.78 is 13.3. The summed E-state index contributed by atoms with van der Waals surface area (Å²) in [6.45, 7) is 0. The van der Waals surface area contributed by atoms with Gasteiger partial charge in [0.25, 0.3) is 5.91 Å². The lowest BCUT2D eigenvalue weighted by atomic mass is 10.2. The lowest BCUT2D eigenvalue weighted by molar-refractivity contribution is 0.102. The van der Waals surface area contributed by atoms with Crippen LogP contribution in [0.2, 0.25) is 0 Å². The van der Waals surface area contributed by atoms with Crippen LogP contribution < -0.4 is 5.32 Å². The molecule has 0 fully saturated rings. The van der Waals surface area contributed by atoms with Gasteiger partial charge in [0.15, 0.2) is 0 Å². The maximum atomic E-state index is 13.3. The van der Waals surface area contributed by atoms with E-state index in [0.29, 0.717) is 11.3 Å². The summed E-state index contributed by atoms with van der Waals surface area (Å²) in [4.78, 5) is 15.2. The Labute approximate surface area is 104 Å². The number of nitrogens with zero attached hydrogens (tertiary/aromatic N) is 1. The number of benzene rings is 1. The smallest absolute Gasteiger partial charge is 0.260 e. The van der Waals surface area contributed by atoms with Crippen LogP contribution in [0.4, 0.5) is 10.1 Å². The number of carbonyl (C=O) groups is 1. The number of nitrogens with one attached hydrogen (secondary N) is 1. The molecule has 0 aliphatic heterocycles. The Morgan fingerprint density at radius 2 is 2.17 bits per heavy atom. The SMILES string of the molecule is C#Cc1cccc(NC(=O)c2cccnc2F)c1. The molecule has 0 bridgehead atoms. The Morgan fingerprint density at radius 3 is 2.89 bits per heavy atom. The van der Waals surface area contributed by atoms with Gasteiger partial charge in [0.05, 0.1) is 5.56 Å². The molecular weight excluding hydrogens is 231 g/mol. The standard InChI is InChI=1S/C14H9FN2O/c1-2-10-5-3-6-11(9-10)17-14(18)12-7-4-8-16-13(12)15/h1,3-9H,(H,17,18). The molecule has 0 atom stereocenters. The second-order valence-electron chi connectivity index (χ2n) is 3.52. The first kappa shape index (κ1) is 11.8. The average Bonchev–Trinajstić information content (AvgIpc) is 2.39. The fraction of sp³-hybridized carbons (Fsp3) is 0. The zero-order valence-electron chi connectivity index (χ0n) is 9.35. The average molecular weight is 240 g/mol. The van der Waals surface area contributed by atoms with Crippen LogP contribution in [0.5, 0.6) is 0 Å². The molecule has 0 saturated heterocycles. The van der Waals surface area contributed by atoms with Crippen LogP contribution in [0.3, 0.4) is 0 Å². The maximum absolute atomic E-state index is 13.3. The third kappa shape index (κ3) is 2.53. The fourth-order valence-electron chi connectivity index (χ4n) is 1.44. The summed E-state index contributed by atoms with van der Waals surface area (Å²) >= 11 is 0. The summed E-state index contributed by atoms with van der Waals surface area (Å²) in [6.07, 6.45) is 6.53. The van der Waals surface area contributed by atoms with E-state index in [9.17, 15) is 9.18 Å². The first-order valence-corrected chi connectivity index (χ1v) is 5.19. The topological polar surface area (TPSA) is 42.0 Å². The van der Waals surface area contributed by atoms with Crippen LogP contribution in [0, 0.1) is 18.3 Å². The minimum atomic E-state index is -0.803. The van der Waals surface area contributed by atoms with Gasteiger partial charge < -0.3 is 5.32 Å². The Bertz CT molecular complexity index is 632. The number of halogens is 1. The Hall–Kier alpha value is -2.67. The second-order valence-corrected chi connectivity index (χ2v) is 3.52. The van der Waals surface area contributed by atoms with E-state index in [4.69, 9.17) is 6.42 Å². The van der Waals surface area contributed by atoms with E-state index in [1.807, 2.05) is 0 Å². The molecule has 1 aromatic carbocycles. The van der Waals surface area contributed by atoms with Crippen LogP contribution in [-0.2, 0) is 0 Å². The Morgan fingerprint density at radius 1 is 1.33 bits per heavy atom. The molecule has 0 radical (unpaired) electrons. The van der Waals surface area contributed by atoms with Crippen LogP contribution in [0.1, 0.15) is 15.9 Å². The quantitative estimate of drug-likeness (QED) is 0.647. The van der Waals surface area contributed by atoms with Gasteiger partial charge in [-0.1, -0.05) is 12.0 Å². The molecule has 4 heteroatoms. The fourth-order valence-corrected chi connectivity index (χ4v) is 1.44. The van der Waals surface area contributed by atoms with Crippen molar-refractivity contribution in [3.63, 3.8) is 0 Å². The van der Waals surface area contributed by atoms with Crippen LogP contribution >= 0.6 is 0 Å². The number of terminal acetylenes is 1. The zero-order chi connectivity index (χ0) is 13.0. The molecule has 1 N–H and O–H groups in total. The molecule has 1 aromatic heterocycles. The number of hydrogen-bond acceptors (Lipinski definition) is 2. The summed E-state index contributed by atoms with van der Waals surface area (Å²) in [7, 11) is 0. The van der Waals surface area contributed by atoms with Gasteiger partial charge in [-0.2, -0.15) is 4.39 Å². The first-order valence-electron chi connectivity index (χ1n) is 5.19. The van der Waals surface area contributed by atoms with Crippen LogP contribution in [0.15, 0.2) is 42.6 Å². The van der Waals surface area contributed by atoms with Crippen molar-refractivity contribution in [1.29, 1.82) is 0 Å². The van der Waals surface area contributed by atoms with Gasteiger partial charge in [-0.3, -0.25) is 4.79 Å². The van der Waals surface area contributed by atoms with Gasteiger partial charge in [-0.05, 0) is 30.3 Å². The monoisotopic (exact) mass is 240 g/mol. The minimum Gasteiger partial charge on any atom is -0.322 e. The molecule has 0 aliphatic carbocycles. The van der Waals surface area contributed by atoms with E-state index in [2.05, 4.69) is 16.2 Å². The maximum Gasteiger partial charge on any atom is 0.260 e. The van der Waals surface area contributed by atoms with Crippen LogP contribution in [-0.4, -0.2) is 10.9 Å². The van der Waals surface area contributed by atoms with Gasteiger partial charge in [0.2, 0.25) is 5.95 Å². The van der Waals surface area contributed by atoms with E-state index >= 15 is 0 Å². The van der Waals surface area contributed by atoms with E-state index in [-0.39, 0.29) is 5.56 Å². The highest BCUT2D eigenvalue weighted by molar-refractivity contribution is 6.04. The number of anilines is 1. The third-order valence-electron chi connectivity index (χ3n) is 2.29. The van der Waals surface area contributed by atoms with E-state index in [0.717, 1.165) is 0 Å². The molecule has 0 spiro atoms. The van der Waals surface area contributed by atoms with Gasteiger partial charge in [-0.15, -0.1) is 6.42 Å². The molecule has 1 amide bonds. The first-order chi connectivity index (χ1) is 8.70. The molecule has 0 saturated carbocycles. The molecule has 18 heavy (non-hydrogen) atoms. The van der Waals surface area contributed by atoms with Crippen molar-refractivity contribution in [2.24, 2.45) is 0 Å². The lowest BCUT2D eigenvalue weighted by Crippen LogP contribution is -2.14. The van der Waals surface area contributed by atoms with Crippen LogP contribution in [0.25, 0.3) is 0 Å². The number of amides is 1. The molecule has 3 nitrogen and oxygen atoms in total. The van der Waals surface area contributed by atoms with Crippen molar-refractivity contribution >= 4 is 11.6 Å². The predicted molar refractivity (Wildman–Crippen MR) is 66.5 cm³/mol. The normalized spacial score (nSPS) is 9.56. The second kappa shape index (κ2) is 5.11. The number of rotatable bonds is 2. The van der Waals surface area contributed by atoms with Gasteiger partial charge in [0, 0.05) is 17.4 Å². The predicted octanol–water partition coefficient (Wildman–Crippen LogP) is 2.45. The van der Waals surface area contributed by atoms with Crippen molar-refractivity contribution in [2.45, 2.75) is 0 Å². The number of carbonyl (C=O) groups excluding carboxylic acids is 1. The zero-order valence-corrected chi connectivity index (χ0v) is 9.35. The molecule has 0 unspecified atom stereocenters. The molecule has 2 rings (SSSR count). The van der Waals surface area contributed by atoms with Crippen molar-refractivity contribution < 1.29 is 9.18 Å². The lowest BCUT2D eigenvalue weighted by Gasteiger charge is -2.05. The Balaban J connectivity index is 2.22. The Kier molecular flexibility index (Phi) is 3.35. The molecule has 1 heterocycles. The van der Waals surface area contributed by atoms with Crippen molar-refractivity contribution in [3.8, 4) is 12.3 Å². The largest absolute Gasteiger partial charge is 0.322 e. The highest BCUT2D eigenvalue weighted by Crippen LogP contribution is 2.12. The van der Waals surface area contributed by atoms with Gasteiger partial charge in [-0.25, -0.2) is 4.98 Å². The number of pyridine rings is 1. The van der Waals surface area contributed by atoms with Crippen molar-refractivity contribution in [2.75, 3.05) is 5.32 Å². The van der Waals surface area contributed by atoms with Crippen molar-refractivity contribution in [1.82, 2.24) is 4.98 Å². The van der Waals surface area contributed by atoms with E-state index in [1.54, 1.807) is 24.3 Å². The van der Waals surface area contributed by atoms with Gasteiger partial charge >= 0.3 is 0 Å². The third-order valence-corrected chi connectivity index (χ3v) is 2.29. The molecular formula is C14H9FN2O. The summed E-state index contributed by atoms with van der Waals surface area (Å²) in [5, 5.41) is 2.56. The molecule has 88 valence electrons. The number of aromatic nitrogens is 1. The number of hydrogen-bond donors (Lipinski definition) is 1. The molecule has 2 aromatic rings. The summed E-state index contributed by atoms with van der Waals surface area (Å²) in [5.74, 6) is 1.09. The summed E-state index contributed by atoms with van der Waals surface area (Å²) in [5.41, 5.74) is 1.04. The summed E-state index contributed by atoms with van der Waals surface area (Å²) in [6, 6.07) is 9.61. The highest BCUT2D eigenvalue weighted by atomic mass is 19.1.